The summed E-state index contributed by atoms with van der Waals surface area (Å²) in [6.07, 6.45) is 1.03. The highest BCUT2D eigenvalue weighted by Gasteiger charge is 2.13. The molecular weight excluding hydrogens is 224 g/mol. The van der Waals surface area contributed by atoms with Crippen LogP contribution >= 0.6 is 0 Å². The molecule has 1 rings (SSSR count). The Labute approximate surface area is 111 Å². The average Bonchev–Trinajstić information content (AvgIpc) is 2.21. The van der Waals surface area contributed by atoms with Gasteiger partial charge in [-0.25, -0.2) is 4.98 Å². The molecule has 1 N–H and O–H groups in total. The third-order valence-electron chi connectivity index (χ3n) is 2.88. The summed E-state index contributed by atoms with van der Waals surface area (Å²) in [5, 5.41) is 3.17. The van der Waals surface area contributed by atoms with Gasteiger partial charge < -0.3 is 10.1 Å². The van der Waals surface area contributed by atoms with Crippen molar-refractivity contribution < 1.29 is 4.74 Å². The molecule has 0 spiro atoms. The molecule has 1 aromatic rings. The van der Waals surface area contributed by atoms with E-state index in [1.54, 1.807) is 0 Å². The molecule has 0 fully saturated rings. The molecule has 0 saturated carbocycles. The molecule has 0 amide bonds. The van der Waals surface area contributed by atoms with Crippen molar-refractivity contribution in [2.75, 3.05) is 13.7 Å². The molecule has 0 aromatic carbocycles. The fourth-order valence-corrected chi connectivity index (χ4v) is 1.79. The maximum Gasteiger partial charge on any atom is 0.218 e. The topological polar surface area (TPSA) is 34.2 Å². The second kappa shape index (κ2) is 6.19. The Morgan fingerprint density at radius 3 is 2.50 bits per heavy atom. The van der Waals surface area contributed by atoms with Gasteiger partial charge in [-0.3, -0.25) is 0 Å². The van der Waals surface area contributed by atoms with Gasteiger partial charge in [0.1, 0.15) is 0 Å². The second-order valence-corrected chi connectivity index (χ2v) is 6.05. The van der Waals surface area contributed by atoms with Gasteiger partial charge in [0.2, 0.25) is 5.88 Å². The highest BCUT2D eigenvalue weighted by Crippen LogP contribution is 2.23. The minimum absolute atomic E-state index is 0.294. The minimum Gasteiger partial charge on any atom is -0.477 e. The highest BCUT2D eigenvalue weighted by atomic mass is 16.5. The fourth-order valence-electron chi connectivity index (χ4n) is 1.79. The van der Waals surface area contributed by atoms with Crippen LogP contribution in [0.4, 0.5) is 0 Å². The molecule has 0 aliphatic rings. The molecule has 18 heavy (non-hydrogen) atoms. The Bertz CT molecular complexity index is 394. The Morgan fingerprint density at radius 1 is 1.28 bits per heavy atom. The molecule has 1 aromatic heterocycles. The zero-order valence-electron chi connectivity index (χ0n) is 12.6. The van der Waals surface area contributed by atoms with E-state index in [1.165, 1.54) is 5.56 Å². The van der Waals surface area contributed by atoms with E-state index in [1.807, 2.05) is 14.0 Å². The lowest BCUT2D eigenvalue weighted by Crippen LogP contribution is -2.15. The van der Waals surface area contributed by atoms with Gasteiger partial charge in [-0.1, -0.05) is 20.8 Å². The van der Waals surface area contributed by atoms with E-state index in [0.29, 0.717) is 5.41 Å². The van der Waals surface area contributed by atoms with Gasteiger partial charge in [0.25, 0.3) is 0 Å². The van der Waals surface area contributed by atoms with Gasteiger partial charge in [0.15, 0.2) is 0 Å². The number of nitrogens with one attached hydrogen (secondary N) is 1. The summed E-state index contributed by atoms with van der Waals surface area (Å²) in [5.41, 5.74) is 3.71. The second-order valence-electron chi connectivity index (χ2n) is 6.05. The van der Waals surface area contributed by atoms with Crippen LogP contribution in [0.5, 0.6) is 5.88 Å². The number of hydrogen-bond donors (Lipinski definition) is 1. The van der Waals surface area contributed by atoms with Crippen molar-refractivity contribution in [3.63, 3.8) is 0 Å². The van der Waals surface area contributed by atoms with Gasteiger partial charge in [-0.2, -0.15) is 0 Å². The van der Waals surface area contributed by atoms with E-state index in [-0.39, 0.29) is 0 Å². The first-order valence-corrected chi connectivity index (χ1v) is 6.58. The summed E-state index contributed by atoms with van der Waals surface area (Å²) in [6.45, 7) is 12.3. The van der Waals surface area contributed by atoms with Crippen LogP contribution in [-0.2, 0) is 6.54 Å². The maximum atomic E-state index is 5.88. The van der Waals surface area contributed by atoms with Crippen LogP contribution in [0.3, 0.4) is 0 Å². The van der Waals surface area contributed by atoms with E-state index in [9.17, 15) is 0 Å². The first-order chi connectivity index (χ1) is 8.33. The smallest absolute Gasteiger partial charge is 0.218 e. The molecular formula is C15H26N2O. The number of nitrogens with zero attached hydrogens (tertiary/aromatic N) is 1. The van der Waals surface area contributed by atoms with Crippen LogP contribution in [0.15, 0.2) is 6.07 Å². The van der Waals surface area contributed by atoms with Crippen molar-refractivity contribution in [1.82, 2.24) is 10.3 Å². The van der Waals surface area contributed by atoms with E-state index in [2.05, 4.69) is 44.1 Å². The number of aromatic nitrogens is 1. The average molecular weight is 250 g/mol. The zero-order valence-corrected chi connectivity index (χ0v) is 12.6. The normalized spacial score (nSPS) is 11.7. The van der Waals surface area contributed by atoms with Crippen molar-refractivity contribution in [1.29, 1.82) is 0 Å². The molecule has 3 heteroatoms. The van der Waals surface area contributed by atoms with E-state index in [4.69, 9.17) is 4.74 Å². The molecule has 0 aliphatic heterocycles. The number of pyridine rings is 1. The van der Waals surface area contributed by atoms with Crippen molar-refractivity contribution in [3.8, 4) is 5.88 Å². The molecule has 1 heterocycles. The molecule has 0 atom stereocenters. The summed E-state index contributed by atoms with van der Waals surface area (Å²) in [4.78, 5) is 4.51. The van der Waals surface area contributed by atoms with Crippen LogP contribution < -0.4 is 10.1 Å². The van der Waals surface area contributed by atoms with Gasteiger partial charge in [-0.15, -0.1) is 0 Å². The summed E-state index contributed by atoms with van der Waals surface area (Å²) in [7, 11) is 1.94. The lowest BCUT2D eigenvalue weighted by Gasteiger charge is -2.19. The van der Waals surface area contributed by atoms with Gasteiger partial charge in [0, 0.05) is 17.8 Å². The SMILES string of the molecule is CNCc1c(C)cc(C)nc1OCCC(C)(C)C. The molecule has 0 radical (unpaired) electrons. The van der Waals surface area contributed by atoms with Crippen molar-refractivity contribution in [2.24, 2.45) is 5.41 Å². The van der Waals surface area contributed by atoms with E-state index >= 15 is 0 Å². The Morgan fingerprint density at radius 2 is 1.94 bits per heavy atom. The van der Waals surface area contributed by atoms with Crippen molar-refractivity contribution >= 4 is 0 Å². The third-order valence-corrected chi connectivity index (χ3v) is 2.88. The summed E-state index contributed by atoms with van der Waals surface area (Å²) in [5.74, 6) is 0.783. The van der Waals surface area contributed by atoms with Gasteiger partial charge in [0.05, 0.1) is 6.61 Å². The first kappa shape index (κ1) is 15.0. The number of ether oxygens (including phenoxy) is 1. The molecule has 0 saturated heterocycles. The molecule has 0 aliphatic carbocycles. The highest BCUT2D eigenvalue weighted by molar-refractivity contribution is 5.35. The Kier molecular flexibility index (Phi) is 5.15. The van der Waals surface area contributed by atoms with Crippen LogP contribution in [0, 0.1) is 19.3 Å². The minimum atomic E-state index is 0.294. The third kappa shape index (κ3) is 4.65. The maximum absolute atomic E-state index is 5.88. The molecule has 102 valence electrons. The van der Waals surface area contributed by atoms with E-state index < -0.39 is 0 Å². The number of hydrogen-bond acceptors (Lipinski definition) is 3. The summed E-state index contributed by atoms with van der Waals surface area (Å²) < 4.78 is 5.88. The lowest BCUT2D eigenvalue weighted by atomic mass is 9.93. The van der Waals surface area contributed by atoms with Crippen molar-refractivity contribution in [2.45, 2.75) is 47.6 Å². The Balaban J connectivity index is 2.79. The molecule has 3 nitrogen and oxygen atoms in total. The van der Waals surface area contributed by atoms with Crippen LogP contribution in [-0.4, -0.2) is 18.6 Å². The van der Waals surface area contributed by atoms with Crippen LogP contribution in [0.1, 0.15) is 44.0 Å². The van der Waals surface area contributed by atoms with Gasteiger partial charge >= 0.3 is 0 Å². The van der Waals surface area contributed by atoms with Crippen LogP contribution in [0.25, 0.3) is 0 Å². The largest absolute Gasteiger partial charge is 0.477 e. The lowest BCUT2D eigenvalue weighted by molar-refractivity contribution is 0.234. The predicted molar refractivity (Wildman–Crippen MR) is 76.0 cm³/mol. The van der Waals surface area contributed by atoms with Crippen LogP contribution in [0.2, 0.25) is 0 Å². The number of rotatable bonds is 5. The summed E-state index contributed by atoms with van der Waals surface area (Å²) >= 11 is 0. The van der Waals surface area contributed by atoms with E-state index in [0.717, 1.165) is 36.7 Å². The predicted octanol–water partition coefficient (Wildman–Crippen LogP) is 3.23. The standard InChI is InChI=1S/C15H26N2O/c1-11-9-12(2)17-14(13(11)10-16-6)18-8-7-15(3,4)5/h9,16H,7-8,10H2,1-6H3. The van der Waals surface area contributed by atoms with Gasteiger partial charge in [-0.05, 0) is 44.4 Å². The fraction of sp³-hybridized carbons (Fsp3) is 0.667. The molecule has 0 unspecified atom stereocenters. The first-order valence-electron chi connectivity index (χ1n) is 6.58. The van der Waals surface area contributed by atoms with Crippen molar-refractivity contribution in [3.05, 3.63) is 22.9 Å². The monoisotopic (exact) mass is 250 g/mol. The summed E-state index contributed by atoms with van der Waals surface area (Å²) in [6, 6.07) is 2.10. The number of aryl methyl sites for hydroxylation is 2. The zero-order chi connectivity index (χ0) is 13.8. The quantitative estimate of drug-likeness (QED) is 0.871. The Hall–Kier alpha value is -1.09. The molecule has 0 bridgehead atoms.